The smallest absolute Gasteiger partial charge is 0.247 e. The fourth-order valence-corrected chi connectivity index (χ4v) is 3.40. The summed E-state index contributed by atoms with van der Waals surface area (Å²) in [4.78, 5) is 14.1. The highest BCUT2D eigenvalue weighted by Gasteiger charge is 2.32. The number of phenols is 1. The molecule has 1 aliphatic rings. The zero-order valence-corrected chi connectivity index (χ0v) is 15.8. The largest absolute Gasteiger partial charge is 0.508 e. The topological polar surface area (TPSA) is 87.6 Å². The summed E-state index contributed by atoms with van der Waals surface area (Å²) < 4.78 is 5.28. The van der Waals surface area contributed by atoms with Crippen molar-refractivity contribution in [3.8, 4) is 11.5 Å². The van der Waals surface area contributed by atoms with Gasteiger partial charge in [-0.3, -0.25) is 4.79 Å². The number of carbonyl (C=O) groups excluding carboxylic acids is 1. The molecule has 7 heteroatoms. The molecule has 4 rings (SSSR count). The fourth-order valence-electron chi connectivity index (χ4n) is 3.40. The van der Waals surface area contributed by atoms with Gasteiger partial charge in [-0.2, -0.15) is 10.2 Å². The van der Waals surface area contributed by atoms with Gasteiger partial charge in [0.2, 0.25) is 5.91 Å². The standard InChI is InChI=1S/C22H20N4O3/c1-29-18-10-6-16(7-11-18)21(15-4-8-17(27)9-5-15)26-14-12-20(28)24-22(26)19-3-2-13-23-25-19/h2-14,21-22,27H,1H3,(H,24,28). The molecule has 2 N–H and O–H groups in total. The van der Waals surface area contributed by atoms with Gasteiger partial charge in [-0.15, -0.1) is 0 Å². The maximum absolute atomic E-state index is 12.1. The van der Waals surface area contributed by atoms with Crippen LogP contribution in [0.15, 0.2) is 79.1 Å². The second-order valence-corrected chi connectivity index (χ2v) is 6.59. The van der Waals surface area contributed by atoms with Crippen LogP contribution in [0.3, 0.4) is 0 Å². The Morgan fingerprint density at radius 2 is 1.76 bits per heavy atom. The van der Waals surface area contributed by atoms with Crippen molar-refractivity contribution in [1.29, 1.82) is 0 Å². The van der Waals surface area contributed by atoms with E-state index in [-0.39, 0.29) is 17.7 Å². The molecular weight excluding hydrogens is 368 g/mol. The normalized spacial score (nSPS) is 16.9. The molecule has 2 heterocycles. The summed E-state index contributed by atoms with van der Waals surface area (Å²) in [6.07, 6.45) is 4.35. The van der Waals surface area contributed by atoms with Gasteiger partial charge in [-0.05, 0) is 47.5 Å². The SMILES string of the molecule is COc1ccc(C(c2ccc(O)cc2)N2C=CC(=O)NC2c2cccnn2)cc1. The van der Waals surface area contributed by atoms with E-state index < -0.39 is 6.17 Å². The summed E-state index contributed by atoms with van der Waals surface area (Å²) in [5, 5.41) is 20.8. The summed E-state index contributed by atoms with van der Waals surface area (Å²) in [6.45, 7) is 0. The van der Waals surface area contributed by atoms with Gasteiger partial charge < -0.3 is 20.1 Å². The maximum atomic E-state index is 12.1. The zero-order valence-electron chi connectivity index (χ0n) is 15.8. The Morgan fingerprint density at radius 1 is 1.07 bits per heavy atom. The molecule has 0 saturated carbocycles. The Balaban J connectivity index is 1.82. The van der Waals surface area contributed by atoms with E-state index >= 15 is 0 Å². The van der Waals surface area contributed by atoms with Crippen molar-refractivity contribution in [1.82, 2.24) is 20.4 Å². The van der Waals surface area contributed by atoms with Gasteiger partial charge in [0, 0.05) is 18.5 Å². The van der Waals surface area contributed by atoms with E-state index in [4.69, 9.17) is 4.74 Å². The number of benzene rings is 2. The lowest BCUT2D eigenvalue weighted by Gasteiger charge is -2.39. The molecule has 2 unspecified atom stereocenters. The molecule has 0 saturated heterocycles. The van der Waals surface area contributed by atoms with E-state index in [9.17, 15) is 9.90 Å². The number of ether oxygens (including phenoxy) is 1. The highest BCUT2D eigenvalue weighted by Crippen LogP contribution is 2.36. The number of nitrogens with one attached hydrogen (secondary N) is 1. The summed E-state index contributed by atoms with van der Waals surface area (Å²) >= 11 is 0. The Kier molecular flexibility index (Phi) is 5.11. The molecule has 7 nitrogen and oxygen atoms in total. The van der Waals surface area contributed by atoms with Crippen LogP contribution in [0.2, 0.25) is 0 Å². The molecule has 0 aliphatic carbocycles. The number of rotatable bonds is 5. The minimum Gasteiger partial charge on any atom is -0.508 e. The highest BCUT2D eigenvalue weighted by molar-refractivity contribution is 5.88. The molecule has 0 bridgehead atoms. The average molecular weight is 388 g/mol. The number of aromatic hydroxyl groups is 1. The van der Waals surface area contributed by atoms with E-state index in [1.807, 2.05) is 47.4 Å². The van der Waals surface area contributed by atoms with Crippen LogP contribution in [0.25, 0.3) is 0 Å². The highest BCUT2D eigenvalue weighted by atomic mass is 16.5. The van der Waals surface area contributed by atoms with Gasteiger partial charge >= 0.3 is 0 Å². The van der Waals surface area contributed by atoms with Crippen molar-refractivity contribution in [3.05, 3.63) is 96.0 Å². The number of hydrogen-bond donors (Lipinski definition) is 2. The predicted molar refractivity (Wildman–Crippen MR) is 107 cm³/mol. The van der Waals surface area contributed by atoms with Crippen molar-refractivity contribution < 1.29 is 14.6 Å². The molecule has 2 atom stereocenters. The third-order valence-electron chi connectivity index (χ3n) is 4.79. The molecule has 146 valence electrons. The molecule has 29 heavy (non-hydrogen) atoms. The van der Waals surface area contributed by atoms with Crippen LogP contribution >= 0.6 is 0 Å². The monoisotopic (exact) mass is 388 g/mol. The lowest BCUT2D eigenvalue weighted by molar-refractivity contribution is -0.119. The number of hydrogen-bond acceptors (Lipinski definition) is 6. The number of nitrogens with zero attached hydrogens (tertiary/aromatic N) is 3. The maximum Gasteiger partial charge on any atom is 0.247 e. The predicted octanol–water partition coefficient (Wildman–Crippen LogP) is 2.92. The zero-order chi connectivity index (χ0) is 20.2. The van der Waals surface area contributed by atoms with Crippen LogP contribution in [0.1, 0.15) is 29.0 Å². The molecule has 0 fully saturated rings. The van der Waals surface area contributed by atoms with E-state index in [0.717, 1.165) is 16.9 Å². The average Bonchev–Trinajstić information content (AvgIpc) is 2.77. The Labute approximate surface area is 168 Å². The van der Waals surface area contributed by atoms with Crippen LogP contribution in [0.4, 0.5) is 0 Å². The van der Waals surface area contributed by atoms with Gasteiger partial charge in [0.25, 0.3) is 0 Å². The van der Waals surface area contributed by atoms with Crippen molar-refractivity contribution in [3.63, 3.8) is 0 Å². The molecule has 3 aromatic rings. The molecular formula is C22H20N4O3. The number of amides is 1. The van der Waals surface area contributed by atoms with E-state index in [2.05, 4.69) is 15.5 Å². The first-order chi connectivity index (χ1) is 14.2. The minimum absolute atomic E-state index is 0.190. The molecule has 1 aromatic heterocycles. The molecule has 1 aliphatic heterocycles. The molecule has 0 radical (unpaired) electrons. The summed E-state index contributed by atoms with van der Waals surface area (Å²) in [6, 6.07) is 18.1. The van der Waals surface area contributed by atoms with Crippen molar-refractivity contribution in [2.45, 2.75) is 12.2 Å². The second-order valence-electron chi connectivity index (χ2n) is 6.59. The Morgan fingerprint density at radius 3 is 2.38 bits per heavy atom. The third kappa shape index (κ3) is 3.89. The van der Waals surface area contributed by atoms with Crippen LogP contribution in [0.5, 0.6) is 11.5 Å². The van der Waals surface area contributed by atoms with Crippen LogP contribution in [0, 0.1) is 0 Å². The van der Waals surface area contributed by atoms with E-state index in [0.29, 0.717) is 5.69 Å². The summed E-state index contributed by atoms with van der Waals surface area (Å²) in [5.74, 6) is 0.748. The number of carbonyl (C=O) groups is 1. The first-order valence-corrected chi connectivity index (χ1v) is 9.12. The lowest BCUT2D eigenvalue weighted by atomic mass is 9.95. The number of phenolic OH excluding ortho intramolecular Hbond substituents is 1. The Bertz CT molecular complexity index is 1000. The third-order valence-corrected chi connectivity index (χ3v) is 4.79. The fraction of sp³-hybridized carbons (Fsp3) is 0.136. The first-order valence-electron chi connectivity index (χ1n) is 9.12. The van der Waals surface area contributed by atoms with Crippen LogP contribution < -0.4 is 10.1 Å². The van der Waals surface area contributed by atoms with E-state index in [1.54, 1.807) is 37.7 Å². The van der Waals surface area contributed by atoms with Crippen LogP contribution in [-0.4, -0.2) is 33.2 Å². The van der Waals surface area contributed by atoms with Gasteiger partial charge in [0.1, 0.15) is 23.4 Å². The van der Waals surface area contributed by atoms with Gasteiger partial charge in [0.15, 0.2) is 0 Å². The number of methoxy groups -OCH3 is 1. The molecule has 2 aromatic carbocycles. The Hall–Kier alpha value is -3.87. The number of aromatic nitrogens is 2. The summed E-state index contributed by atoms with van der Waals surface area (Å²) in [7, 11) is 1.62. The van der Waals surface area contributed by atoms with Gasteiger partial charge in [0.05, 0.1) is 13.2 Å². The first kappa shape index (κ1) is 18.5. The quantitative estimate of drug-likeness (QED) is 0.699. The second kappa shape index (κ2) is 8.02. The van der Waals surface area contributed by atoms with Gasteiger partial charge in [-0.1, -0.05) is 24.3 Å². The van der Waals surface area contributed by atoms with Crippen molar-refractivity contribution >= 4 is 5.91 Å². The minimum atomic E-state index is -0.498. The van der Waals surface area contributed by atoms with Crippen molar-refractivity contribution in [2.24, 2.45) is 0 Å². The molecule has 0 spiro atoms. The van der Waals surface area contributed by atoms with Crippen molar-refractivity contribution in [2.75, 3.05) is 7.11 Å². The summed E-state index contributed by atoms with van der Waals surface area (Å²) in [5.41, 5.74) is 2.57. The molecule has 1 amide bonds. The van der Waals surface area contributed by atoms with Gasteiger partial charge in [-0.25, -0.2) is 0 Å². The lowest BCUT2D eigenvalue weighted by Crippen LogP contribution is -2.44. The van der Waals surface area contributed by atoms with E-state index in [1.165, 1.54) is 6.08 Å². The van der Waals surface area contributed by atoms with Crippen LogP contribution in [-0.2, 0) is 4.79 Å².